The van der Waals surface area contributed by atoms with Gasteiger partial charge in [-0.3, -0.25) is 10.6 Å². The van der Waals surface area contributed by atoms with E-state index in [0.29, 0.717) is 5.41 Å². The highest BCUT2D eigenvalue weighted by Crippen LogP contribution is 2.35. The first kappa shape index (κ1) is 14.9. The second-order valence-electron chi connectivity index (χ2n) is 6.60. The largest absolute Gasteiger partial charge is 0.349 e. The lowest BCUT2D eigenvalue weighted by atomic mass is 9.75. The van der Waals surface area contributed by atoms with Crippen molar-refractivity contribution < 1.29 is 4.79 Å². The zero-order chi connectivity index (χ0) is 14.8. The first-order valence-corrected chi connectivity index (χ1v) is 7.29. The number of nitrogens with one attached hydrogen (secondary N) is 2. The summed E-state index contributed by atoms with van der Waals surface area (Å²) < 4.78 is 0. The minimum Gasteiger partial charge on any atom is -0.349 e. The Balaban J connectivity index is 2.05. The van der Waals surface area contributed by atoms with E-state index in [2.05, 4.69) is 24.6 Å². The van der Waals surface area contributed by atoms with Gasteiger partial charge in [0.05, 0.1) is 0 Å². The van der Waals surface area contributed by atoms with Gasteiger partial charge in [0.15, 0.2) is 0 Å². The number of benzene rings is 1. The highest BCUT2D eigenvalue weighted by molar-refractivity contribution is 5.96. The van der Waals surface area contributed by atoms with Crippen LogP contribution in [0.1, 0.15) is 55.5 Å². The molecule has 4 heteroatoms. The number of hydrogen-bond donors (Lipinski definition) is 3. The van der Waals surface area contributed by atoms with Gasteiger partial charge in [0.1, 0.15) is 0 Å². The Bertz CT molecular complexity index is 496. The molecule has 1 atom stereocenters. The molecule has 20 heavy (non-hydrogen) atoms. The van der Waals surface area contributed by atoms with Crippen molar-refractivity contribution in [2.45, 2.75) is 52.5 Å². The first-order chi connectivity index (χ1) is 9.41. The van der Waals surface area contributed by atoms with Crippen LogP contribution in [-0.4, -0.2) is 11.9 Å². The normalized spacial score (nSPS) is 21.3. The van der Waals surface area contributed by atoms with E-state index < -0.39 is 0 Å². The zero-order valence-electron chi connectivity index (χ0n) is 12.6. The molecule has 0 aliphatic heterocycles. The quantitative estimate of drug-likeness (QED) is 0.587. The zero-order valence-corrected chi connectivity index (χ0v) is 12.6. The van der Waals surface area contributed by atoms with Gasteiger partial charge in [0.25, 0.3) is 5.91 Å². The summed E-state index contributed by atoms with van der Waals surface area (Å²) in [6, 6.07) is 5.83. The van der Waals surface area contributed by atoms with Crippen molar-refractivity contribution in [2.24, 2.45) is 11.3 Å². The summed E-state index contributed by atoms with van der Waals surface area (Å²) in [5.74, 6) is 5.40. The van der Waals surface area contributed by atoms with Crippen LogP contribution in [0, 0.1) is 12.3 Å². The molecule has 0 bridgehead atoms. The third-order valence-electron chi connectivity index (χ3n) is 4.18. The van der Waals surface area contributed by atoms with Crippen LogP contribution in [0.4, 0.5) is 5.69 Å². The van der Waals surface area contributed by atoms with Gasteiger partial charge in [-0.05, 0) is 55.4 Å². The summed E-state index contributed by atoms with van der Waals surface area (Å²) >= 11 is 0. The molecule has 1 aliphatic rings. The Labute approximate surface area is 121 Å². The maximum Gasteiger partial charge on any atom is 0.251 e. The molecule has 0 radical (unpaired) electrons. The number of rotatable bonds is 3. The topological polar surface area (TPSA) is 67.1 Å². The lowest BCUT2D eigenvalue weighted by Gasteiger charge is -2.35. The number of aryl methyl sites for hydroxylation is 1. The highest BCUT2D eigenvalue weighted by Gasteiger charge is 2.29. The van der Waals surface area contributed by atoms with E-state index in [1.54, 1.807) is 0 Å². The summed E-state index contributed by atoms with van der Waals surface area (Å²) in [5.41, 5.74) is 5.41. The average molecular weight is 275 g/mol. The molecule has 1 unspecified atom stereocenters. The average Bonchev–Trinajstić information content (AvgIpc) is 2.37. The number of nitrogen functional groups attached to an aromatic ring is 1. The minimum absolute atomic E-state index is 0.0220. The van der Waals surface area contributed by atoms with Crippen molar-refractivity contribution in [3.05, 3.63) is 29.3 Å². The fraction of sp³-hybridized carbons (Fsp3) is 0.562. The number of amides is 1. The molecule has 2 rings (SSSR count). The van der Waals surface area contributed by atoms with Gasteiger partial charge < -0.3 is 10.7 Å². The number of hydrogen-bond acceptors (Lipinski definition) is 3. The van der Waals surface area contributed by atoms with E-state index in [-0.39, 0.29) is 11.9 Å². The van der Waals surface area contributed by atoms with Gasteiger partial charge in [0, 0.05) is 17.3 Å². The van der Waals surface area contributed by atoms with Crippen LogP contribution in [0.15, 0.2) is 18.2 Å². The van der Waals surface area contributed by atoms with E-state index in [0.717, 1.165) is 29.7 Å². The van der Waals surface area contributed by atoms with Gasteiger partial charge in [-0.1, -0.05) is 20.3 Å². The van der Waals surface area contributed by atoms with Crippen LogP contribution in [0.2, 0.25) is 0 Å². The van der Waals surface area contributed by atoms with E-state index >= 15 is 0 Å². The number of anilines is 1. The number of nitrogens with two attached hydrogens (primary N) is 1. The Morgan fingerprint density at radius 3 is 2.75 bits per heavy atom. The summed E-state index contributed by atoms with van der Waals surface area (Å²) in [6.07, 6.45) is 4.57. The van der Waals surface area contributed by atoms with E-state index in [9.17, 15) is 4.79 Å². The lowest BCUT2D eigenvalue weighted by Crippen LogP contribution is -2.40. The van der Waals surface area contributed by atoms with Gasteiger partial charge in [0.2, 0.25) is 0 Å². The van der Waals surface area contributed by atoms with Crippen LogP contribution >= 0.6 is 0 Å². The number of carbonyl (C=O) groups is 1. The SMILES string of the molecule is Cc1cc(NN)ccc1C(=O)NC1CCCC(C)(C)C1. The lowest BCUT2D eigenvalue weighted by molar-refractivity contribution is 0.0902. The van der Waals surface area contributed by atoms with Crippen LogP contribution in [0.5, 0.6) is 0 Å². The Hall–Kier alpha value is -1.55. The minimum atomic E-state index is 0.0220. The fourth-order valence-corrected chi connectivity index (χ4v) is 3.09. The molecule has 0 aromatic heterocycles. The summed E-state index contributed by atoms with van der Waals surface area (Å²) in [6.45, 7) is 6.48. The standard InChI is InChI=1S/C16H25N3O/c1-11-9-12(19-17)6-7-14(11)15(20)18-13-5-4-8-16(2,3)10-13/h6-7,9,13,19H,4-5,8,10,17H2,1-3H3,(H,18,20). The first-order valence-electron chi connectivity index (χ1n) is 7.29. The molecule has 1 saturated carbocycles. The van der Waals surface area contributed by atoms with Crippen LogP contribution in [0.25, 0.3) is 0 Å². The molecule has 0 saturated heterocycles. The van der Waals surface area contributed by atoms with E-state index in [1.807, 2.05) is 25.1 Å². The maximum absolute atomic E-state index is 12.4. The van der Waals surface area contributed by atoms with Crippen LogP contribution in [0.3, 0.4) is 0 Å². The molecule has 1 aliphatic carbocycles. The smallest absolute Gasteiger partial charge is 0.251 e. The molecular weight excluding hydrogens is 250 g/mol. The molecule has 4 N–H and O–H groups in total. The Morgan fingerprint density at radius 1 is 1.40 bits per heavy atom. The number of hydrazine groups is 1. The predicted octanol–water partition coefficient (Wildman–Crippen LogP) is 2.98. The molecule has 110 valence electrons. The summed E-state index contributed by atoms with van der Waals surface area (Å²) in [5, 5.41) is 3.18. The van der Waals surface area contributed by atoms with E-state index in [1.165, 1.54) is 12.8 Å². The van der Waals surface area contributed by atoms with E-state index in [4.69, 9.17) is 5.84 Å². The van der Waals surface area contributed by atoms with Crippen LogP contribution in [-0.2, 0) is 0 Å². The Kier molecular flexibility index (Phi) is 4.33. The molecule has 1 aromatic rings. The van der Waals surface area contributed by atoms with Crippen molar-refractivity contribution in [3.63, 3.8) is 0 Å². The van der Waals surface area contributed by atoms with Gasteiger partial charge in [-0.25, -0.2) is 0 Å². The van der Waals surface area contributed by atoms with Crippen molar-refractivity contribution in [1.82, 2.24) is 5.32 Å². The molecule has 4 nitrogen and oxygen atoms in total. The third kappa shape index (κ3) is 3.51. The van der Waals surface area contributed by atoms with Crippen molar-refractivity contribution >= 4 is 11.6 Å². The van der Waals surface area contributed by atoms with Crippen molar-refractivity contribution in [1.29, 1.82) is 0 Å². The Morgan fingerprint density at radius 2 is 2.15 bits per heavy atom. The van der Waals surface area contributed by atoms with Crippen molar-refractivity contribution in [2.75, 3.05) is 5.43 Å². The molecule has 0 heterocycles. The van der Waals surface area contributed by atoms with Gasteiger partial charge in [-0.15, -0.1) is 0 Å². The van der Waals surface area contributed by atoms with Crippen LogP contribution < -0.4 is 16.6 Å². The molecule has 1 amide bonds. The molecule has 1 aromatic carbocycles. The second-order valence-corrected chi connectivity index (χ2v) is 6.60. The van der Waals surface area contributed by atoms with Gasteiger partial charge in [-0.2, -0.15) is 0 Å². The summed E-state index contributed by atoms with van der Waals surface area (Å²) in [4.78, 5) is 12.4. The maximum atomic E-state index is 12.4. The van der Waals surface area contributed by atoms with Gasteiger partial charge >= 0.3 is 0 Å². The monoisotopic (exact) mass is 275 g/mol. The number of carbonyl (C=O) groups excluding carboxylic acids is 1. The third-order valence-corrected chi connectivity index (χ3v) is 4.18. The molecule has 0 spiro atoms. The highest BCUT2D eigenvalue weighted by atomic mass is 16.1. The predicted molar refractivity (Wildman–Crippen MR) is 82.5 cm³/mol. The van der Waals surface area contributed by atoms with Crippen molar-refractivity contribution in [3.8, 4) is 0 Å². The summed E-state index contributed by atoms with van der Waals surface area (Å²) in [7, 11) is 0. The second kappa shape index (κ2) is 5.83. The molecular formula is C16H25N3O. The molecule has 1 fully saturated rings. The fourth-order valence-electron chi connectivity index (χ4n) is 3.09.